The van der Waals surface area contributed by atoms with E-state index in [2.05, 4.69) is 25.6 Å². The number of pyridine rings is 1. The number of piperidine rings is 1. The summed E-state index contributed by atoms with van der Waals surface area (Å²) in [5.74, 6) is 0.485. The lowest BCUT2D eigenvalue weighted by Crippen LogP contribution is -2.35. The highest BCUT2D eigenvalue weighted by Gasteiger charge is 2.17. The summed E-state index contributed by atoms with van der Waals surface area (Å²) in [6, 6.07) is 14.0. The van der Waals surface area contributed by atoms with Gasteiger partial charge in [0.05, 0.1) is 22.2 Å². The van der Waals surface area contributed by atoms with Crippen molar-refractivity contribution in [1.82, 2.24) is 20.3 Å². The van der Waals surface area contributed by atoms with Crippen LogP contribution in [0.3, 0.4) is 0 Å². The minimum absolute atomic E-state index is 0.247. The largest absolute Gasteiger partial charge is 0.397 e. The van der Waals surface area contributed by atoms with E-state index < -0.39 is 0 Å². The molecule has 7 heteroatoms. The van der Waals surface area contributed by atoms with E-state index in [-0.39, 0.29) is 5.56 Å². The number of rotatable bonds is 3. The van der Waals surface area contributed by atoms with Crippen molar-refractivity contribution in [2.45, 2.75) is 18.9 Å². The van der Waals surface area contributed by atoms with Crippen molar-refractivity contribution in [2.24, 2.45) is 0 Å². The lowest BCUT2D eigenvalue weighted by atomic mass is 10.1. The second-order valence-corrected chi connectivity index (χ2v) is 7.27. The topological polar surface area (TPSA) is 112 Å². The van der Waals surface area contributed by atoms with Crippen LogP contribution in [0.15, 0.2) is 47.3 Å². The minimum Gasteiger partial charge on any atom is -0.397 e. The van der Waals surface area contributed by atoms with E-state index >= 15 is 0 Å². The SMILES string of the molecule is Nc1c(-c2nc3ccc(NC4CCNCC4)cc3[nH]2)c(=O)[nH]c2ccccc12. The molecule has 0 spiro atoms. The summed E-state index contributed by atoms with van der Waals surface area (Å²) < 4.78 is 0. The normalized spacial score (nSPS) is 15.3. The van der Waals surface area contributed by atoms with Crippen LogP contribution in [-0.4, -0.2) is 34.1 Å². The molecule has 1 aliphatic heterocycles. The standard InChI is InChI=1S/C21H22N6O/c22-19-14-3-1-2-4-15(14)27-21(28)18(19)20-25-16-6-5-13(11-17(16)26-20)24-12-7-9-23-10-8-12/h1-6,11-12,23-24H,7-10H2,(H,25,26)(H3,22,27,28). The average Bonchev–Trinajstić information content (AvgIpc) is 3.11. The van der Waals surface area contributed by atoms with Gasteiger partial charge in [-0.1, -0.05) is 18.2 Å². The minimum atomic E-state index is -0.247. The molecule has 0 saturated carbocycles. The highest BCUT2D eigenvalue weighted by Crippen LogP contribution is 2.29. The van der Waals surface area contributed by atoms with Crippen LogP contribution < -0.4 is 21.9 Å². The first-order valence-corrected chi connectivity index (χ1v) is 9.57. The fourth-order valence-corrected chi connectivity index (χ4v) is 3.92. The Morgan fingerprint density at radius 1 is 1.04 bits per heavy atom. The maximum Gasteiger partial charge on any atom is 0.261 e. The van der Waals surface area contributed by atoms with Gasteiger partial charge in [0.25, 0.3) is 5.56 Å². The Morgan fingerprint density at radius 3 is 2.71 bits per heavy atom. The maximum atomic E-state index is 12.6. The fourth-order valence-electron chi connectivity index (χ4n) is 3.92. The first-order valence-electron chi connectivity index (χ1n) is 9.57. The molecule has 2 aromatic carbocycles. The second kappa shape index (κ2) is 6.69. The molecule has 28 heavy (non-hydrogen) atoms. The molecule has 7 nitrogen and oxygen atoms in total. The molecule has 0 unspecified atom stereocenters. The Hall–Kier alpha value is -3.32. The quantitative estimate of drug-likeness (QED) is 0.379. The van der Waals surface area contributed by atoms with E-state index in [0.717, 1.165) is 53.6 Å². The van der Waals surface area contributed by atoms with Crippen molar-refractivity contribution in [1.29, 1.82) is 0 Å². The number of nitrogens with one attached hydrogen (secondary N) is 4. The average molecular weight is 374 g/mol. The molecule has 142 valence electrons. The molecule has 2 aromatic heterocycles. The van der Waals surface area contributed by atoms with Crippen molar-refractivity contribution >= 4 is 33.3 Å². The molecule has 0 atom stereocenters. The molecule has 1 fully saturated rings. The highest BCUT2D eigenvalue weighted by atomic mass is 16.1. The van der Waals surface area contributed by atoms with Gasteiger partial charge in [-0.15, -0.1) is 0 Å². The lowest BCUT2D eigenvalue weighted by molar-refractivity contribution is 0.479. The number of aromatic nitrogens is 3. The number of H-pyrrole nitrogens is 2. The number of para-hydroxylation sites is 1. The van der Waals surface area contributed by atoms with E-state index in [0.29, 0.717) is 23.1 Å². The smallest absolute Gasteiger partial charge is 0.261 e. The summed E-state index contributed by atoms with van der Waals surface area (Å²) in [4.78, 5) is 23.4. The number of nitrogens with zero attached hydrogens (tertiary/aromatic N) is 1. The summed E-state index contributed by atoms with van der Waals surface area (Å²) in [6.45, 7) is 2.08. The molecule has 4 aromatic rings. The molecule has 0 radical (unpaired) electrons. The lowest BCUT2D eigenvalue weighted by Gasteiger charge is -2.24. The molecular weight excluding hydrogens is 352 g/mol. The van der Waals surface area contributed by atoms with Gasteiger partial charge in [0.2, 0.25) is 0 Å². The Morgan fingerprint density at radius 2 is 1.86 bits per heavy atom. The van der Waals surface area contributed by atoms with Gasteiger partial charge >= 0.3 is 0 Å². The van der Waals surface area contributed by atoms with Crippen LogP contribution in [0.2, 0.25) is 0 Å². The molecule has 0 amide bonds. The fraction of sp³-hybridized carbons (Fsp3) is 0.238. The zero-order valence-corrected chi connectivity index (χ0v) is 15.4. The Labute approximate surface area is 161 Å². The molecule has 6 N–H and O–H groups in total. The molecule has 1 aliphatic rings. The van der Waals surface area contributed by atoms with Crippen molar-refractivity contribution in [3.8, 4) is 11.4 Å². The first kappa shape index (κ1) is 16.8. The molecule has 1 saturated heterocycles. The van der Waals surface area contributed by atoms with E-state index in [9.17, 15) is 4.79 Å². The molecule has 0 aliphatic carbocycles. The third kappa shape index (κ3) is 2.90. The summed E-state index contributed by atoms with van der Waals surface area (Å²) in [5.41, 5.74) is 10.3. The van der Waals surface area contributed by atoms with E-state index in [1.165, 1.54) is 0 Å². The summed E-state index contributed by atoms with van der Waals surface area (Å²) >= 11 is 0. The highest BCUT2D eigenvalue weighted by molar-refractivity contribution is 5.97. The maximum absolute atomic E-state index is 12.6. The van der Waals surface area contributed by atoms with E-state index in [1.54, 1.807) is 0 Å². The molecular formula is C21H22N6O. The van der Waals surface area contributed by atoms with Gasteiger partial charge in [-0.3, -0.25) is 4.79 Å². The van der Waals surface area contributed by atoms with Crippen molar-refractivity contribution in [3.05, 3.63) is 52.8 Å². The van der Waals surface area contributed by atoms with Crippen LogP contribution in [0.4, 0.5) is 11.4 Å². The van der Waals surface area contributed by atoms with Crippen molar-refractivity contribution in [2.75, 3.05) is 24.1 Å². The van der Waals surface area contributed by atoms with Gasteiger partial charge in [0, 0.05) is 17.1 Å². The van der Waals surface area contributed by atoms with E-state index in [1.807, 2.05) is 42.5 Å². The van der Waals surface area contributed by atoms with Gasteiger partial charge in [-0.05, 0) is 50.2 Å². The summed E-state index contributed by atoms with van der Waals surface area (Å²) in [7, 11) is 0. The van der Waals surface area contributed by atoms with Crippen LogP contribution in [0.5, 0.6) is 0 Å². The number of anilines is 2. The predicted octanol–water partition coefficient (Wildman–Crippen LogP) is 2.82. The number of fused-ring (bicyclic) bond motifs is 2. The summed E-state index contributed by atoms with van der Waals surface area (Å²) in [5, 5.41) is 7.77. The van der Waals surface area contributed by atoms with Crippen LogP contribution in [0.1, 0.15) is 12.8 Å². The molecule has 3 heterocycles. The summed E-state index contributed by atoms with van der Waals surface area (Å²) in [6.07, 6.45) is 2.21. The van der Waals surface area contributed by atoms with Gasteiger partial charge in [-0.2, -0.15) is 0 Å². The zero-order valence-electron chi connectivity index (χ0n) is 15.4. The van der Waals surface area contributed by atoms with Gasteiger partial charge in [-0.25, -0.2) is 4.98 Å². The van der Waals surface area contributed by atoms with Crippen LogP contribution >= 0.6 is 0 Å². The zero-order chi connectivity index (χ0) is 19.1. The van der Waals surface area contributed by atoms with Crippen LogP contribution in [0.25, 0.3) is 33.3 Å². The van der Waals surface area contributed by atoms with Gasteiger partial charge in [0.1, 0.15) is 11.4 Å². The third-order valence-electron chi connectivity index (χ3n) is 5.39. The monoisotopic (exact) mass is 374 g/mol. The number of nitrogen functional groups attached to an aromatic ring is 1. The number of benzene rings is 2. The number of hydrogen-bond acceptors (Lipinski definition) is 5. The van der Waals surface area contributed by atoms with Crippen LogP contribution in [-0.2, 0) is 0 Å². The Kier molecular flexibility index (Phi) is 4.02. The number of imidazole rings is 1. The van der Waals surface area contributed by atoms with Gasteiger partial charge < -0.3 is 26.3 Å². The molecule has 0 bridgehead atoms. The Balaban J connectivity index is 1.55. The number of hydrogen-bond donors (Lipinski definition) is 5. The molecule has 5 rings (SSSR count). The Bertz CT molecular complexity index is 1220. The second-order valence-electron chi connectivity index (χ2n) is 7.27. The van der Waals surface area contributed by atoms with Gasteiger partial charge in [0.15, 0.2) is 0 Å². The van der Waals surface area contributed by atoms with E-state index in [4.69, 9.17) is 5.73 Å². The van der Waals surface area contributed by atoms with Crippen molar-refractivity contribution in [3.63, 3.8) is 0 Å². The first-order chi connectivity index (χ1) is 13.7. The van der Waals surface area contributed by atoms with Crippen molar-refractivity contribution < 1.29 is 0 Å². The number of aromatic amines is 2. The third-order valence-corrected chi connectivity index (χ3v) is 5.39. The predicted molar refractivity (Wildman–Crippen MR) is 114 cm³/mol. The number of nitrogens with two attached hydrogens (primary N) is 1. The van der Waals surface area contributed by atoms with Crippen LogP contribution in [0, 0.1) is 0 Å².